The summed E-state index contributed by atoms with van der Waals surface area (Å²) < 4.78 is 39.4. The van der Waals surface area contributed by atoms with Crippen molar-refractivity contribution in [1.82, 2.24) is 15.3 Å². The summed E-state index contributed by atoms with van der Waals surface area (Å²) in [5.41, 5.74) is -0.0492. The van der Waals surface area contributed by atoms with Gasteiger partial charge < -0.3 is 5.32 Å². The molecule has 20 heavy (non-hydrogen) atoms. The van der Waals surface area contributed by atoms with E-state index in [-0.39, 0.29) is 11.4 Å². The van der Waals surface area contributed by atoms with Gasteiger partial charge in [-0.2, -0.15) is 13.2 Å². The number of nitrogens with zero attached hydrogens (tertiary/aromatic N) is 2. The molecule has 2 aromatic heterocycles. The molecule has 3 heterocycles. The van der Waals surface area contributed by atoms with Gasteiger partial charge in [0.25, 0.3) is 0 Å². The maximum Gasteiger partial charge on any atom is 0.433 e. The lowest BCUT2D eigenvalue weighted by Gasteiger charge is -2.21. The number of fused-ring (bicyclic) bond motifs is 1. The van der Waals surface area contributed by atoms with Crippen LogP contribution in [-0.2, 0) is 25.6 Å². The summed E-state index contributed by atoms with van der Waals surface area (Å²) in [6.07, 6.45) is -3.76. The first-order chi connectivity index (χ1) is 9.54. The van der Waals surface area contributed by atoms with E-state index in [2.05, 4.69) is 15.3 Å². The van der Waals surface area contributed by atoms with Crippen molar-refractivity contribution in [2.45, 2.75) is 25.6 Å². The van der Waals surface area contributed by atoms with Gasteiger partial charge in [-0.25, -0.2) is 9.97 Å². The molecule has 1 aliphatic heterocycles. The topological polar surface area (TPSA) is 37.8 Å². The van der Waals surface area contributed by atoms with Crippen molar-refractivity contribution in [3.8, 4) is 0 Å². The Bertz CT molecular complexity index is 608. The minimum absolute atomic E-state index is 0.238. The Morgan fingerprint density at radius 2 is 2.15 bits per heavy atom. The molecular formula is C13H12F3N3S. The zero-order valence-corrected chi connectivity index (χ0v) is 11.3. The Hall–Kier alpha value is -1.47. The number of hydrogen-bond acceptors (Lipinski definition) is 4. The Kier molecular flexibility index (Phi) is 3.47. The maximum absolute atomic E-state index is 13.1. The van der Waals surface area contributed by atoms with Gasteiger partial charge in [-0.1, -0.05) is 6.07 Å². The van der Waals surface area contributed by atoms with Crippen molar-refractivity contribution < 1.29 is 13.2 Å². The second-order valence-electron chi connectivity index (χ2n) is 4.59. The number of rotatable bonds is 2. The van der Waals surface area contributed by atoms with Crippen LogP contribution in [0.5, 0.6) is 0 Å². The lowest BCUT2D eigenvalue weighted by molar-refractivity contribution is -0.142. The standard InChI is InChI=1S/C13H12F3N3S/c14-13(15,16)12-9-3-4-17-7-10(9)18-11(19-12)6-8-2-1-5-20-8/h1-2,5,17H,3-4,6-7H2. The summed E-state index contributed by atoms with van der Waals surface area (Å²) in [6.45, 7) is 0.905. The van der Waals surface area contributed by atoms with Crippen molar-refractivity contribution >= 4 is 11.3 Å². The van der Waals surface area contributed by atoms with Crippen molar-refractivity contribution in [1.29, 1.82) is 0 Å². The minimum atomic E-state index is -4.42. The fraction of sp³-hybridized carbons (Fsp3) is 0.385. The molecule has 0 radical (unpaired) electrons. The Morgan fingerprint density at radius 3 is 2.85 bits per heavy atom. The van der Waals surface area contributed by atoms with Crippen LogP contribution >= 0.6 is 11.3 Å². The van der Waals surface area contributed by atoms with Crippen LogP contribution in [0.3, 0.4) is 0 Å². The van der Waals surface area contributed by atoms with E-state index in [1.165, 1.54) is 11.3 Å². The van der Waals surface area contributed by atoms with Gasteiger partial charge in [-0.3, -0.25) is 0 Å². The largest absolute Gasteiger partial charge is 0.433 e. The molecule has 1 aliphatic rings. The Balaban J connectivity index is 2.03. The van der Waals surface area contributed by atoms with Gasteiger partial charge in [-0.05, 0) is 24.4 Å². The van der Waals surface area contributed by atoms with Crippen molar-refractivity contribution in [3.05, 3.63) is 45.2 Å². The minimum Gasteiger partial charge on any atom is -0.311 e. The van der Waals surface area contributed by atoms with Crippen molar-refractivity contribution in [2.24, 2.45) is 0 Å². The average Bonchev–Trinajstić information content (AvgIpc) is 2.89. The van der Waals surface area contributed by atoms with Crippen molar-refractivity contribution in [3.63, 3.8) is 0 Å². The first-order valence-electron chi connectivity index (χ1n) is 6.23. The van der Waals surface area contributed by atoms with Gasteiger partial charge in [0.15, 0.2) is 5.69 Å². The molecule has 0 aromatic carbocycles. The molecule has 1 N–H and O–H groups in total. The zero-order valence-electron chi connectivity index (χ0n) is 10.5. The van der Waals surface area contributed by atoms with Crippen LogP contribution < -0.4 is 5.32 Å². The van der Waals surface area contributed by atoms with E-state index in [9.17, 15) is 13.2 Å². The molecule has 0 saturated carbocycles. The number of halogens is 3. The molecule has 0 bridgehead atoms. The van der Waals surface area contributed by atoms with Gasteiger partial charge in [0.05, 0.1) is 5.69 Å². The highest BCUT2D eigenvalue weighted by molar-refractivity contribution is 7.09. The second kappa shape index (κ2) is 5.14. The summed E-state index contributed by atoms with van der Waals surface area (Å²) in [6, 6.07) is 3.74. The average molecular weight is 299 g/mol. The van der Waals surface area contributed by atoms with Gasteiger partial charge >= 0.3 is 6.18 Å². The number of hydrogen-bond donors (Lipinski definition) is 1. The summed E-state index contributed by atoms with van der Waals surface area (Å²) in [4.78, 5) is 9.03. The maximum atomic E-state index is 13.1. The van der Waals surface area contributed by atoms with Crippen LogP contribution in [0.15, 0.2) is 17.5 Å². The monoisotopic (exact) mass is 299 g/mol. The molecular weight excluding hydrogens is 287 g/mol. The molecule has 0 unspecified atom stereocenters. The highest BCUT2D eigenvalue weighted by Gasteiger charge is 2.37. The molecule has 0 fully saturated rings. The smallest absolute Gasteiger partial charge is 0.311 e. The lowest BCUT2D eigenvalue weighted by atomic mass is 10.0. The summed E-state index contributed by atoms with van der Waals surface area (Å²) in [5, 5.41) is 4.94. The van der Waals surface area contributed by atoms with E-state index in [0.717, 1.165) is 4.88 Å². The summed E-state index contributed by atoms with van der Waals surface area (Å²) in [5.74, 6) is 0.238. The second-order valence-corrected chi connectivity index (χ2v) is 5.63. The predicted octanol–water partition coefficient (Wildman–Crippen LogP) is 2.79. The normalized spacial score (nSPS) is 15.2. The third kappa shape index (κ3) is 2.69. The van der Waals surface area contributed by atoms with E-state index in [1.54, 1.807) is 0 Å². The van der Waals surface area contributed by atoms with E-state index in [1.807, 2.05) is 17.5 Å². The SMILES string of the molecule is FC(F)(F)c1nc(Cc2cccs2)nc2c1CCNC2. The quantitative estimate of drug-likeness (QED) is 0.926. The van der Waals surface area contributed by atoms with Crippen LogP contribution in [0.1, 0.15) is 27.7 Å². The lowest BCUT2D eigenvalue weighted by Crippen LogP contribution is -2.29. The molecule has 2 aromatic rings. The molecule has 0 atom stereocenters. The molecule has 0 amide bonds. The van der Waals surface area contributed by atoms with Crippen LogP contribution in [0.4, 0.5) is 13.2 Å². The van der Waals surface area contributed by atoms with Crippen LogP contribution in [0.25, 0.3) is 0 Å². The van der Waals surface area contributed by atoms with Crippen LogP contribution in [-0.4, -0.2) is 16.5 Å². The van der Waals surface area contributed by atoms with Crippen LogP contribution in [0.2, 0.25) is 0 Å². The third-order valence-corrected chi connectivity index (χ3v) is 4.04. The first-order valence-corrected chi connectivity index (χ1v) is 7.11. The predicted molar refractivity (Wildman–Crippen MR) is 69.6 cm³/mol. The van der Waals surface area contributed by atoms with E-state index >= 15 is 0 Å². The molecule has 0 spiro atoms. The molecule has 106 valence electrons. The number of thiophene rings is 1. The van der Waals surface area contributed by atoms with E-state index in [4.69, 9.17) is 0 Å². The summed E-state index contributed by atoms with van der Waals surface area (Å²) >= 11 is 1.49. The first kappa shape index (κ1) is 13.5. The van der Waals surface area contributed by atoms with E-state index < -0.39 is 11.9 Å². The highest BCUT2D eigenvalue weighted by Crippen LogP contribution is 2.33. The molecule has 3 rings (SSSR count). The van der Waals surface area contributed by atoms with Gasteiger partial charge in [0.2, 0.25) is 0 Å². The Labute approximate surface area is 117 Å². The number of aromatic nitrogens is 2. The fourth-order valence-electron chi connectivity index (χ4n) is 2.29. The van der Waals surface area contributed by atoms with E-state index in [0.29, 0.717) is 31.6 Å². The summed E-state index contributed by atoms with van der Waals surface area (Å²) in [7, 11) is 0. The van der Waals surface area contributed by atoms with Gasteiger partial charge in [0, 0.05) is 23.4 Å². The molecule has 7 heteroatoms. The number of nitrogens with one attached hydrogen (secondary N) is 1. The number of alkyl halides is 3. The molecule has 0 saturated heterocycles. The Morgan fingerprint density at radius 1 is 1.30 bits per heavy atom. The molecule has 0 aliphatic carbocycles. The fourth-order valence-corrected chi connectivity index (χ4v) is 2.99. The third-order valence-electron chi connectivity index (χ3n) is 3.16. The van der Waals surface area contributed by atoms with Gasteiger partial charge in [0.1, 0.15) is 5.82 Å². The highest BCUT2D eigenvalue weighted by atomic mass is 32.1. The van der Waals surface area contributed by atoms with Crippen molar-refractivity contribution in [2.75, 3.05) is 6.54 Å². The zero-order chi connectivity index (χ0) is 14.2. The van der Waals surface area contributed by atoms with Gasteiger partial charge in [-0.15, -0.1) is 11.3 Å². The molecule has 3 nitrogen and oxygen atoms in total. The van der Waals surface area contributed by atoms with Crippen LogP contribution in [0, 0.1) is 0 Å².